The first-order valence-electron chi connectivity index (χ1n) is 7.43. The molecule has 2 rings (SSSR count). The van der Waals surface area contributed by atoms with Crippen molar-refractivity contribution in [2.24, 2.45) is 0 Å². The Hall–Kier alpha value is -2.02. The highest BCUT2D eigenvalue weighted by Gasteiger charge is 2.04. The van der Waals surface area contributed by atoms with Gasteiger partial charge in [-0.1, -0.05) is 0 Å². The van der Waals surface area contributed by atoms with Gasteiger partial charge in [0.05, 0.1) is 19.0 Å². The highest BCUT2D eigenvalue weighted by atomic mass is 35.5. The summed E-state index contributed by atoms with van der Waals surface area (Å²) >= 11 is 0. The number of hydrogen-bond acceptors (Lipinski definition) is 5. The van der Waals surface area contributed by atoms with Crippen LogP contribution in [-0.2, 0) is 4.79 Å². The van der Waals surface area contributed by atoms with Crippen molar-refractivity contribution < 1.29 is 14.3 Å². The van der Waals surface area contributed by atoms with Crippen LogP contribution in [0, 0.1) is 0 Å². The van der Waals surface area contributed by atoms with Crippen LogP contribution in [0.4, 0.5) is 5.69 Å². The Morgan fingerprint density at radius 3 is 2.32 bits per heavy atom. The van der Waals surface area contributed by atoms with Crippen LogP contribution in [-0.4, -0.2) is 31.6 Å². The van der Waals surface area contributed by atoms with Crippen molar-refractivity contribution in [2.75, 3.05) is 26.0 Å². The average Bonchev–Trinajstić information content (AvgIpc) is 2.57. The number of ether oxygens (including phenoxy) is 2. The van der Waals surface area contributed by atoms with Gasteiger partial charge in [-0.05, 0) is 50.3 Å². The number of pyridine rings is 1. The second-order valence-corrected chi connectivity index (χ2v) is 4.92. The fraction of sp³-hybridized carbons (Fsp3) is 0.294. The molecular formula is C17H23Cl2N3O3. The molecule has 0 radical (unpaired) electrons. The number of aromatic nitrogens is 1. The highest BCUT2D eigenvalue weighted by Crippen LogP contribution is 2.23. The number of benzene rings is 1. The zero-order valence-electron chi connectivity index (χ0n) is 14.2. The normalized spacial score (nSPS) is 9.36. The Labute approximate surface area is 160 Å². The molecule has 0 atom stereocenters. The molecular weight excluding hydrogens is 365 g/mol. The van der Waals surface area contributed by atoms with E-state index in [4.69, 9.17) is 9.47 Å². The first kappa shape index (κ1) is 23.0. The maximum Gasteiger partial charge on any atom is 0.224 e. The molecule has 138 valence electrons. The van der Waals surface area contributed by atoms with Gasteiger partial charge in [0, 0.05) is 12.5 Å². The summed E-state index contributed by atoms with van der Waals surface area (Å²) in [6.07, 6.45) is 2.86. The highest BCUT2D eigenvalue weighted by molar-refractivity contribution is 5.90. The van der Waals surface area contributed by atoms with E-state index in [9.17, 15) is 4.79 Å². The lowest BCUT2D eigenvalue weighted by Crippen LogP contribution is -2.15. The van der Waals surface area contributed by atoms with Gasteiger partial charge in [0.15, 0.2) is 0 Å². The van der Waals surface area contributed by atoms with Gasteiger partial charge < -0.3 is 20.1 Å². The quantitative estimate of drug-likeness (QED) is 0.676. The predicted molar refractivity (Wildman–Crippen MR) is 104 cm³/mol. The minimum absolute atomic E-state index is 0. The minimum atomic E-state index is -0.0223. The molecule has 1 amide bonds. The maximum absolute atomic E-state index is 11.7. The second kappa shape index (κ2) is 12.4. The maximum atomic E-state index is 11.7. The van der Waals surface area contributed by atoms with E-state index >= 15 is 0 Å². The van der Waals surface area contributed by atoms with E-state index in [1.165, 1.54) is 0 Å². The number of anilines is 1. The summed E-state index contributed by atoms with van der Waals surface area (Å²) in [4.78, 5) is 15.9. The van der Waals surface area contributed by atoms with Crippen LogP contribution in [0.15, 0.2) is 42.6 Å². The fourth-order valence-corrected chi connectivity index (χ4v) is 1.93. The van der Waals surface area contributed by atoms with E-state index in [2.05, 4.69) is 15.6 Å². The molecule has 0 unspecified atom stereocenters. The number of rotatable bonds is 8. The first-order valence-corrected chi connectivity index (χ1v) is 7.43. The zero-order chi connectivity index (χ0) is 16.5. The molecule has 0 bridgehead atoms. The molecule has 6 nitrogen and oxygen atoms in total. The molecule has 0 fully saturated rings. The average molecular weight is 388 g/mol. The third kappa shape index (κ3) is 8.07. The van der Waals surface area contributed by atoms with Crippen molar-refractivity contribution in [3.8, 4) is 17.4 Å². The molecule has 2 N–H and O–H groups in total. The summed E-state index contributed by atoms with van der Waals surface area (Å²) in [6, 6.07) is 10.7. The monoisotopic (exact) mass is 387 g/mol. The van der Waals surface area contributed by atoms with Gasteiger partial charge in [0.2, 0.25) is 11.8 Å². The van der Waals surface area contributed by atoms with E-state index in [0.717, 1.165) is 18.7 Å². The molecule has 0 aliphatic heterocycles. The van der Waals surface area contributed by atoms with Crippen LogP contribution in [0.5, 0.6) is 17.4 Å². The summed E-state index contributed by atoms with van der Waals surface area (Å²) in [5, 5.41) is 5.81. The van der Waals surface area contributed by atoms with Crippen LogP contribution >= 0.6 is 24.8 Å². The Morgan fingerprint density at radius 2 is 1.76 bits per heavy atom. The number of carbonyl (C=O) groups is 1. The van der Waals surface area contributed by atoms with Crippen molar-refractivity contribution in [2.45, 2.75) is 12.8 Å². The summed E-state index contributed by atoms with van der Waals surface area (Å²) < 4.78 is 10.7. The van der Waals surface area contributed by atoms with Crippen molar-refractivity contribution in [1.82, 2.24) is 10.3 Å². The smallest absolute Gasteiger partial charge is 0.224 e. The molecule has 1 aromatic heterocycles. The Kier molecular flexibility index (Phi) is 11.4. The van der Waals surface area contributed by atoms with Gasteiger partial charge in [-0.25, -0.2) is 4.98 Å². The van der Waals surface area contributed by atoms with Crippen molar-refractivity contribution >= 4 is 36.4 Å². The third-order valence-electron chi connectivity index (χ3n) is 3.13. The summed E-state index contributed by atoms with van der Waals surface area (Å²) in [6.45, 7) is 0.820. The van der Waals surface area contributed by atoms with E-state index in [0.29, 0.717) is 23.7 Å². The van der Waals surface area contributed by atoms with Crippen LogP contribution in [0.3, 0.4) is 0 Å². The lowest BCUT2D eigenvalue weighted by Gasteiger charge is -2.08. The van der Waals surface area contributed by atoms with E-state index in [1.807, 2.05) is 19.2 Å². The van der Waals surface area contributed by atoms with Crippen LogP contribution < -0.4 is 20.1 Å². The summed E-state index contributed by atoms with van der Waals surface area (Å²) in [5.41, 5.74) is 0.654. The molecule has 0 spiro atoms. The molecule has 1 heterocycles. The summed E-state index contributed by atoms with van der Waals surface area (Å²) in [7, 11) is 3.48. The zero-order valence-corrected chi connectivity index (χ0v) is 15.8. The molecule has 8 heteroatoms. The van der Waals surface area contributed by atoms with Crippen LogP contribution in [0.2, 0.25) is 0 Å². The van der Waals surface area contributed by atoms with E-state index in [1.54, 1.807) is 37.6 Å². The first-order chi connectivity index (χ1) is 11.2. The van der Waals surface area contributed by atoms with Crippen LogP contribution in [0.25, 0.3) is 0 Å². The minimum Gasteiger partial charge on any atom is -0.497 e. The van der Waals surface area contributed by atoms with Crippen molar-refractivity contribution in [3.05, 3.63) is 42.6 Å². The molecule has 0 aliphatic rings. The van der Waals surface area contributed by atoms with Gasteiger partial charge in [0.25, 0.3) is 0 Å². The molecule has 0 aliphatic carbocycles. The fourth-order valence-electron chi connectivity index (χ4n) is 1.93. The molecule has 2 aromatic rings. The molecule has 0 saturated carbocycles. The number of halogens is 2. The number of methoxy groups -OCH3 is 1. The van der Waals surface area contributed by atoms with Gasteiger partial charge >= 0.3 is 0 Å². The Morgan fingerprint density at radius 1 is 1.08 bits per heavy atom. The van der Waals surface area contributed by atoms with Gasteiger partial charge in [-0.15, -0.1) is 24.8 Å². The molecule has 1 aromatic carbocycles. The van der Waals surface area contributed by atoms with Crippen LogP contribution in [0.1, 0.15) is 12.8 Å². The van der Waals surface area contributed by atoms with Crippen molar-refractivity contribution in [1.29, 1.82) is 0 Å². The SMILES string of the molecule is CNCCCC(=O)Nc1ccc(Oc2ccc(OC)cc2)nc1.Cl.Cl. The lowest BCUT2D eigenvalue weighted by atomic mass is 10.3. The van der Waals surface area contributed by atoms with Gasteiger partial charge in [-0.3, -0.25) is 4.79 Å². The second-order valence-electron chi connectivity index (χ2n) is 4.92. The lowest BCUT2D eigenvalue weighted by molar-refractivity contribution is -0.116. The van der Waals surface area contributed by atoms with Gasteiger partial charge in [-0.2, -0.15) is 0 Å². The number of nitrogens with one attached hydrogen (secondary N) is 2. The van der Waals surface area contributed by atoms with Crippen molar-refractivity contribution in [3.63, 3.8) is 0 Å². The van der Waals surface area contributed by atoms with E-state index < -0.39 is 0 Å². The molecule has 25 heavy (non-hydrogen) atoms. The Bertz CT molecular complexity index is 622. The van der Waals surface area contributed by atoms with Gasteiger partial charge in [0.1, 0.15) is 11.5 Å². The number of nitrogens with zero attached hydrogens (tertiary/aromatic N) is 1. The largest absolute Gasteiger partial charge is 0.497 e. The topological polar surface area (TPSA) is 72.5 Å². The molecule has 0 saturated heterocycles. The summed E-state index contributed by atoms with van der Waals surface area (Å²) in [5.74, 6) is 1.87. The van der Waals surface area contributed by atoms with E-state index in [-0.39, 0.29) is 30.7 Å². The number of hydrogen-bond donors (Lipinski definition) is 2. The standard InChI is InChI=1S/C17H21N3O3.2ClH/c1-18-11-3-4-16(21)20-13-5-10-17(19-12-13)23-15-8-6-14(22-2)7-9-15;;/h5-10,12,18H,3-4,11H2,1-2H3,(H,20,21);2*1H. The Balaban J connectivity index is 0.00000288. The third-order valence-corrected chi connectivity index (χ3v) is 3.13. The number of carbonyl (C=O) groups excluding carboxylic acids is 1. The number of amides is 1. The predicted octanol–water partition coefficient (Wildman–Crippen LogP) is 3.66.